The van der Waals surface area contributed by atoms with Crippen molar-refractivity contribution in [1.82, 2.24) is 10.2 Å². The molecule has 0 aliphatic carbocycles. The number of ether oxygens (including phenoxy) is 1. The summed E-state index contributed by atoms with van der Waals surface area (Å²) in [5.41, 5.74) is 0. The van der Waals surface area contributed by atoms with Gasteiger partial charge in [-0.25, -0.2) is 4.79 Å². The Bertz CT molecular complexity index is 678. The Morgan fingerprint density at radius 1 is 1.33 bits per heavy atom. The molecule has 8 heteroatoms. The smallest absolute Gasteiger partial charge is 0.327 e. The van der Waals surface area contributed by atoms with E-state index in [4.69, 9.17) is 4.74 Å². The van der Waals surface area contributed by atoms with Crippen molar-refractivity contribution >= 4 is 29.5 Å². The molecule has 2 N–H and O–H groups in total. The zero-order chi connectivity index (χ0) is 17.5. The Balaban J connectivity index is 1.59. The number of nitrogens with zero attached hydrogens (tertiary/aromatic N) is 1. The van der Waals surface area contributed by atoms with E-state index in [9.17, 15) is 19.5 Å². The van der Waals surface area contributed by atoms with Crippen molar-refractivity contribution in [3.8, 4) is 5.75 Å². The lowest BCUT2D eigenvalue weighted by Crippen LogP contribution is -2.70. The third kappa shape index (κ3) is 2.82. The number of carboxylic acids is 1. The predicted molar refractivity (Wildman–Crippen MR) is 87.6 cm³/mol. The minimum atomic E-state index is -1.03. The molecule has 2 saturated heterocycles. The van der Waals surface area contributed by atoms with E-state index in [-0.39, 0.29) is 17.9 Å². The molecule has 0 aromatic heterocycles. The van der Waals surface area contributed by atoms with Crippen LogP contribution >= 0.6 is 11.8 Å². The third-order valence-electron chi connectivity index (χ3n) is 4.10. The number of hydrogen-bond donors (Lipinski definition) is 2. The topological polar surface area (TPSA) is 95.9 Å². The van der Waals surface area contributed by atoms with Crippen molar-refractivity contribution in [2.75, 3.05) is 6.61 Å². The maximum absolute atomic E-state index is 12.2. The van der Waals surface area contributed by atoms with Crippen molar-refractivity contribution < 1.29 is 24.2 Å². The zero-order valence-electron chi connectivity index (χ0n) is 13.3. The average Bonchev–Trinajstić information content (AvgIpc) is 2.80. The highest BCUT2D eigenvalue weighted by Gasteiger charge is 2.64. The van der Waals surface area contributed by atoms with E-state index in [1.54, 1.807) is 38.1 Å². The number of amides is 2. The number of para-hydroxylation sites is 1. The lowest BCUT2D eigenvalue weighted by Gasteiger charge is -2.43. The molecule has 0 bridgehead atoms. The van der Waals surface area contributed by atoms with Gasteiger partial charge in [-0.3, -0.25) is 9.59 Å². The fraction of sp³-hybridized carbons (Fsp3) is 0.438. The number of carbonyl (C=O) groups excluding carboxylic acids is 2. The first-order valence-electron chi connectivity index (χ1n) is 7.51. The quantitative estimate of drug-likeness (QED) is 0.759. The van der Waals surface area contributed by atoms with Crippen LogP contribution in [0.15, 0.2) is 30.3 Å². The fourth-order valence-corrected chi connectivity index (χ4v) is 4.65. The monoisotopic (exact) mass is 350 g/mol. The SMILES string of the molecule is CC1(C)SC2C(NC(=O)COc3ccccc3)C(=O)N2[C@H]1C(=O)O. The number of carbonyl (C=O) groups is 3. The van der Waals surface area contributed by atoms with Crippen LogP contribution in [0.2, 0.25) is 0 Å². The summed E-state index contributed by atoms with van der Waals surface area (Å²) < 4.78 is 4.74. The van der Waals surface area contributed by atoms with E-state index < -0.39 is 28.7 Å². The molecule has 2 amide bonds. The largest absolute Gasteiger partial charge is 0.484 e. The van der Waals surface area contributed by atoms with E-state index in [2.05, 4.69) is 5.32 Å². The lowest BCUT2D eigenvalue weighted by atomic mass is 9.96. The second kappa shape index (κ2) is 6.01. The van der Waals surface area contributed by atoms with Crippen LogP contribution in [0.3, 0.4) is 0 Å². The molecule has 0 spiro atoms. The molecule has 1 aromatic rings. The Kier molecular flexibility index (Phi) is 4.16. The van der Waals surface area contributed by atoms with Gasteiger partial charge >= 0.3 is 5.97 Å². The van der Waals surface area contributed by atoms with Gasteiger partial charge in [-0.1, -0.05) is 18.2 Å². The summed E-state index contributed by atoms with van der Waals surface area (Å²) in [4.78, 5) is 37.0. The zero-order valence-corrected chi connectivity index (χ0v) is 14.1. The first-order chi connectivity index (χ1) is 11.3. The molecule has 0 radical (unpaired) electrons. The summed E-state index contributed by atoms with van der Waals surface area (Å²) in [6.45, 7) is 3.38. The highest BCUT2D eigenvalue weighted by atomic mass is 32.2. The van der Waals surface area contributed by atoms with Crippen LogP contribution in [0.4, 0.5) is 0 Å². The molecule has 2 aliphatic heterocycles. The molecule has 3 atom stereocenters. The first-order valence-corrected chi connectivity index (χ1v) is 8.39. The summed E-state index contributed by atoms with van der Waals surface area (Å²) in [7, 11) is 0. The van der Waals surface area contributed by atoms with Gasteiger partial charge in [0.05, 0.1) is 0 Å². The maximum atomic E-state index is 12.2. The van der Waals surface area contributed by atoms with Crippen LogP contribution < -0.4 is 10.1 Å². The van der Waals surface area contributed by atoms with Gasteiger partial charge in [-0.15, -0.1) is 11.8 Å². The van der Waals surface area contributed by atoms with Gasteiger partial charge in [0, 0.05) is 4.75 Å². The van der Waals surface area contributed by atoms with Crippen molar-refractivity contribution in [1.29, 1.82) is 0 Å². The van der Waals surface area contributed by atoms with Gasteiger partial charge in [0.2, 0.25) is 5.91 Å². The van der Waals surface area contributed by atoms with Crippen molar-refractivity contribution in [2.45, 2.75) is 36.1 Å². The number of benzene rings is 1. The molecule has 7 nitrogen and oxygen atoms in total. The number of β-lactam (4-membered cyclic amide) rings is 1. The van der Waals surface area contributed by atoms with Crippen molar-refractivity contribution in [3.63, 3.8) is 0 Å². The van der Waals surface area contributed by atoms with Gasteiger partial charge in [0.15, 0.2) is 6.61 Å². The van der Waals surface area contributed by atoms with Gasteiger partial charge in [0.1, 0.15) is 23.2 Å². The fourth-order valence-electron chi connectivity index (χ4n) is 3.03. The summed E-state index contributed by atoms with van der Waals surface area (Å²) in [6, 6.07) is 7.31. The maximum Gasteiger partial charge on any atom is 0.327 e. The van der Waals surface area contributed by atoms with Crippen LogP contribution in [-0.2, 0) is 14.4 Å². The second-order valence-electron chi connectivity index (χ2n) is 6.25. The minimum Gasteiger partial charge on any atom is -0.484 e. The number of rotatable bonds is 5. The standard InChI is InChI=1S/C16H18N2O5S/c1-16(2)12(15(21)22)18-13(20)11(14(18)24-16)17-10(19)8-23-9-6-4-3-5-7-9/h3-7,11-12,14H,8H2,1-2H3,(H,17,19)(H,21,22)/t11?,12-,14?/m0/s1. The second-order valence-corrected chi connectivity index (χ2v) is 8.02. The third-order valence-corrected chi connectivity index (χ3v) is 5.68. The Morgan fingerprint density at radius 3 is 2.62 bits per heavy atom. The van der Waals surface area contributed by atoms with Crippen LogP contribution in [0.1, 0.15) is 13.8 Å². The molecule has 128 valence electrons. The van der Waals surface area contributed by atoms with Crippen molar-refractivity contribution in [2.24, 2.45) is 0 Å². The number of hydrogen-bond acceptors (Lipinski definition) is 5. The molecule has 2 heterocycles. The number of aliphatic carboxylic acids is 1. The Labute approximate surface area is 143 Å². The van der Waals surface area contributed by atoms with E-state index in [1.165, 1.54) is 16.7 Å². The lowest BCUT2D eigenvalue weighted by molar-refractivity contribution is -0.161. The summed E-state index contributed by atoms with van der Waals surface area (Å²) in [6.07, 6.45) is 0. The Morgan fingerprint density at radius 2 is 2.00 bits per heavy atom. The van der Waals surface area contributed by atoms with E-state index in [1.807, 2.05) is 6.07 Å². The van der Waals surface area contributed by atoms with Gasteiger partial charge in [-0.2, -0.15) is 0 Å². The molecule has 2 aliphatic rings. The van der Waals surface area contributed by atoms with Crippen LogP contribution in [0.25, 0.3) is 0 Å². The number of carboxylic acid groups (broad SMARTS) is 1. The number of fused-ring (bicyclic) bond motifs is 1. The van der Waals surface area contributed by atoms with Gasteiger partial charge in [0.25, 0.3) is 5.91 Å². The molecule has 3 rings (SSSR count). The van der Waals surface area contributed by atoms with Gasteiger partial charge < -0.3 is 20.1 Å². The van der Waals surface area contributed by atoms with Crippen LogP contribution in [-0.4, -0.2) is 56.6 Å². The highest BCUT2D eigenvalue weighted by molar-refractivity contribution is 8.01. The average molecular weight is 350 g/mol. The van der Waals surface area contributed by atoms with Crippen LogP contribution in [0.5, 0.6) is 5.75 Å². The summed E-state index contributed by atoms with van der Waals surface area (Å²) in [5, 5.41) is 11.6. The number of thioether (sulfide) groups is 1. The number of nitrogens with one attached hydrogen (secondary N) is 1. The first kappa shape index (κ1) is 16.6. The van der Waals surface area contributed by atoms with Crippen LogP contribution in [0, 0.1) is 0 Å². The van der Waals surface area contributed by atoms with E-state index in [0.717, 1.165) is 0 Å². The van der Waals surface area contributed by atoms with E-state index in [0.29, 0.717) is 5.75 Å². The molecule has 2 unspecified atom stereocenters. The predicted octanol–water partition coefficient (Wildman–Crippen LogP) is 0.697. The van der Waals surface area contributed by atoms with Gasteiger partial charge in [-0.05, 0) is 26.0 Å². The normalized spacial score (nSPS) is 27.2. The van der Waals surface area contributed by atoms with E-state index >= 15 is 0 Å². The minimum absolute atomic E-state index is 0.197. The molecule has 2 fully saturated rings. The molecule has 1 aromatic carbocycles. The summed E-state index contributed by atoms with van der Waals surface area (Å²) in [5.74, 6) is -1.23. The molecular formula is C16H18N2O5S. The summed E-state index contributed by atoms with van der Waals surface area (Å²) >= 11 is 1.39. The molecule has 0 saturated carbocycles. The highest BCUT2D eigenvalue weighted by Crippen LogP contribution is 2.50. The molecular weight excluding hydrogens is 332 g/mol. The Hall–Kier alpha value is -2.22. The molecule has 24 heavy (non-hydrogen) atoms. The van der Waals surface area contributed by atoms with Crippen molar-refractivity contribution in [3.05, 3.63) is 30.3 Å².